The number of hydrogen-bond acceptors (Lipinski definition) is 6. The van der Waals surface area contributed by atoms with Crippen molar-refractivity contribution in [2.45, 2.75) is 12.5 Å². The lowest BCUT2D eigenvalue weighted by Crippen LogP contribution is -2.26. The van der Waals surface area contributed by atoms with Crippen LogP contribution in [0.2, 0.25) is 0 Å². The lowest BCUT2D eigenvalue weighted by Gasteiger charge is -2.22. The molecule has 148 valence electrons. The molecule has 7 nitrogen and oxygen atoms in total. The molecule has 0 radical (unpaired) electrons. The molecule has 0 fully saturated rings. The Balaban J connectivity index is 1.76. The molecule has 7 heteroatoms. The number of amides is 1. The highest BCUT2D eigenvalue weighted by atomic mass is 16.5. The molecule has 0 aliphatic carbocycles. The number of ether oxygens (including phenoxy) is 2. The van der Waals surface area contributed by atoms with E-state index >= 15 is 0 Å². The minimum atomic E-state index is -0.387. The third kappa shape index (κ3) is 3.42. The third-order valence-corrected chi connectivity index (χ3v) is 4.86. The molecule has 0 bridgehead atoms. The molecule has 1 aromatic heterocycles. The highest BCUT2D eigenvalue weighted by molar-refractivity contribution is 6.06. The third-order valence-electron chi connectivity index (χ3n) is 4.86. The summed E-state index contributed by atoms with van der Waals surface area (Å²) in [6.07, 6.45) is 1.88. The number of methoxy groups -OCH3 is 2. The summed E-state index contributed by atoms with van der Waals surface area (Å²) in [5.74, 6) is 1.11. The van der Waals surface area contributed by atoms with E-state index in [1.807, 2.05) is 18.2 Å². The van der Waals surface area contributed by atoms with Crippen LogP contribution in [0.25, 0.3) is 0 Å². The van der Waals surface area contributed by atoms with Crippen molar-refractivity contribution in [2.75, 3.05) is 14.2 Å². The van der Waals surface area contributed by atoms with Gasteiger partial charge in [-0.1, -0.05) is 18.2 Å². The maximum Gasteiger partial charge on any atom is 0.310 e. The molecule has 0 spiro atoms. The van der Waals surface area contributed by atoms with E-state index in [4.69, 9.17) is 13.9 Å². The largest absolute Gasteiger partial charge is 0.507 e. The number of hydrazone groups is 1. The van der Waals surface area contributed by atoms with Gasteiger partial charge in [0, 0.05) is 12.0 Å². The SMILES string of the molecule is COc1ccc([C@H]2CC(c3ccccc3O)=NN2C(=O)c2ccco2)cc1OC. The van der Waals surface area contributed by atoms with E-state index in [9.17, 15) is 9.90 Å². The summed E-state index contributed by atoms with van der Waals surface area (Å²) in [5, 5.41) is 16.2. The van der Waals surface area contributed by atoms with Crippen molar-refractivity contribution < 1.29 is 23.8 Å². The highest BCUT2D eigenvalue weighted by Crippen LogP contribution is 2.39. The van der Waals surface area contributed by atoms with Crippen molar-refractivity contribution in [3.8, 4) is 17.2 Å². The Kier molecular flexibility index (Phi) is 4.95. The molecule has 3 aromatic rings. The normalized spacial score (nSPS) is 15.9. The first-order valence-corrected chi connectivity index (χ1v) is 9.07. The van der Waals surface area contributed by atoms with Gasteiger partial charge in [-0.2, -0.15) is 5.10 Å². The topological polar surface area (TPSA) is 84.5 Å². The first-order valence-electron chi connectivity index (χ1n) is 9.07. The van der Waals surface area contributed by atoms with Crippen LogP contribution in [0.15, 0.2) is 70.4 Å². The van der Waals surface area contributed by atoms with Gasteiger partial charge in [-0.15, -0.1) is 0 Å². The van der Waals surface area contributed by atoms with Gasteiger partial charge in [-0.3, -0.25) is 4.79 Å². The molecule has 1 aliphatic heterocycles. The van der Waals surface area contributed by atoms with Crippen molar-refractivity contribution >= 4 is 11.6 Å². The van der Waals surface area contributed by atoms with Crippen molar-refractivity contribution in [1.29, 1.82) is 0 Å². The van der Waals surface area contributed by atoms with Crippen molar-refractivity contribution in [2.24, 2.45) is 5.10 Å². The number of carbonyl (C=O) groups is 1. The zero-order valence-electron chi connectivity index (χ0n) is 16.0. The van der Waals surface area contributed by atoms with E-state index in [0.29, 0.717) is 29.2 Å². The first kappa shape index (κ1) is 18.6. The minimum absolute atomic E-state index is 0.115. The molecule has 0 unspecified atom stereocenters. The van der Waals surface area contributed by atoms with E-state index in [2.05, 4.69) is 5.10 Å². The summed E-state index contributed by atoms with van der Waals surface area (Å²) >= 11 is 0. The van der Waals surface area contributed by atoms with Crippen LogP contribution in [-0.2, 0) is 0 Å². The van der Waals surface area contributed by atoms with Crippen LogP contribution < -0.4 is 9.47 Å². The van der Waals surface area contributed by atoms with Crippen LogP contribution in [0.5, 0.6) is 17.2 Å². The number of carbonyl (C=O) groups excluding carboxylic acids is 1. The fourth-order valence-corrected chi connectivity index (χ4v) is 3.41. The Morgan fingerprint density at radius 3 is 2.59 bits per heavy atom. The minimum Gasteiger partial charge on any atom is -0.507 e. The van der Waals surface area contributed by atoms with E-state index < -0.39 is 0 Å². The maximum absolute atomic E-state index is 13.0. The smallest absolute Gasteiger partial charge is 0.310 e. The Bertz CT molecular complexity index is 1060. The molecule has 1 amide bonds. The predicted octanol–water partition coefficient (Wildman–Crippen LogP) is 3.99. The van der Waals surface area contributed by atoms with Gasteiger partial charge in [0.2, 0.25) is 0 Å². The van der Waals surface area contributed by atoms with Gasteiger partial charge in [0.1, 0.15) is 5.75 Å². The zero-order valence-corrected chi connectivity index (χ0v) is 16.0. The van der Waals surface area contributed by atoms with Crippen LogP contribution in [0, 0.1) is 0 Å². The van der Waals surface area contributed by atoms with Crippen LogP contribution in [0.1, 0.15) is 34.1 Å². The molecule has 1 N–H and O–H groups in total. The van der Waals surface area contributed by atoms with Gasteiger partial charge in [0.15, 0.2) is 17.3 Å². The molecular formula is C22H20N2O5. The molecule has 2 heterocycles. The maximum atomic E-state index is 13.0. The zero-order chi connectivity index (χ0) is 20.4. The van der Waals surface area contributed by atoms with Crippen LogP contribution in [-0.4, -0.2) is 36.0 Å². The van der Waals surface area contributed by atoms with Gasteiger partial charge in [-0.05, 0) is 42.0 Å². The van der Waals surface area contributed by atoms with Crippen molar-refractivity contribution in [1.82, 2.24) is 5.01 Å². The summed E-state index contributed by atoms with van der Waals surface area (Å²) < 4.78 is 16.0. The van der Waals surface area contributed by atoms with Gasteiger partial charge in [-0.25, -0.2) is 5.01 Å². The molecule has 29 heavy (non-hydrogen) atoms. The molecule has 0 saturated carbocycles. The average molecular weight is 392 g/mol. The second-order valence-electron chi connectivity index (χ2n) is 6.53. The summed E-state index contributed by atoms with van der Waals surface area (Å²) in [4.78, 5) is 13.0. The standard InChI is InChI=1S/C22H20N2O5/c1-27-19-10-9-14(12-21(19)28-2)17-13-16(15-6-3-4-7-18(15)25)23-24(17)22(26)20-8-5-11-29-20/h3-12,17,25H,13H2,1-2H3/t17-/m1/s1. The number of phenols is 1. The number of phenolic OH excluding ortho intramolecular Hbond substituents is 1. The summed E-state index contributed by atoms with van der Waals surface area (Å²) in [7, 11) is 3.13. The van der Waals surface area contributed by atoms with Crippen molar-refractivity contribution in [3.05, 3.63) is 77.7 Å². The lowest BCUT2D eigenvalue weighted by molar-refractivity contribution is 0.0678. The van der Waals surface area contributed by atoms with Gasteiger partial charge < -0.3 is 19.0 Å². The van der Waals surface area contributed by atoms with Gasteiger partial charge >= 0.3 is 5.91 Å². The Morgan fingerprint density at radius 2 is 1.90 bits per heavy atom. The summed E-state index contributed by atoms with van der Waals surface area (Å²) in [5.41, 5.74) is 2.03. The Morgan fingerprint density at radius 1 is 1.10 bits per heavy atom. The second kappa shape index (κ2) is 7.71. The van der Waals surface area contributed by atoms with Crippen molar-refractivity contribution in [3.63, 3.8) is 0 Å². The van der Waals surface area contributed by atoms with Crippen LogP contribution >= 0.6 is 0 Å². The monoisotopic (exact) mass is 392 g/mol. The number of furan rings is 1. The molecule has 2 aromatic carbocycles. The number of para-hydroxylation sites is 1. The summed E-state index contributed by atoms with van der Waals surface area (Å²) in [6, 6.07) is 15.3. The van der Waals surface area contributed by atoms with E-state index in [1.54, 1.807) is 50.6 Å². The lowest BCUT2D eigenvalue weighted by atomic mass is 9.97. The molecular weight excluding hydrogens is 372 g/mol. The number of benzene rings is 2. The predicted molar refractivity (Wildman–Crippen MR) is 106 cm³/mol. The van der Waals surface area contributed by atoms with Gasteiger partial charge in [0.25, 0.3) is 0 Å². The number of nitrogens with zero attached hydrogens (tertiary/aromatic N) is 2. The van der Waals surface area contributed by atoms with Crippen LogP contribution in [0.4, 0.5) is 0 Å². The van der Waals surface area contributed by atoms with Gasteiger partial charge in [0.05, 0.1) is 32.2 Å². The van der Waals surface area contributed by atoms with E-state index in [1.165, 1.54) is 11.3 Å². The Hall–Kier alpha value is -3.74. The molecule has 1 atom stereocenters. The summed E-state index contributed by atoms with van der Waals surface area (Å²) in [6.45, 7) is 0. The fourth-order valence-electron chi connectivity index (χ4n) is 3.41. The molecule has 1 aliphatic rings. The van der Waals surface area contributed by atoms with E-state index in [0.717, 1.165) is 5.56 Å². The molecule has 4 rings (SSSR count). The second-order valence-corrected chi connectivity index (χ2v) is 6.53. The Labute approximate surface area is 167 Å². The van der Waals surface area contributed by atoms with E-state index in [-0.39, 0.29) is 23.5 Å². The first-order chi connectivity index (χ1) is 14.1. The fraction of sp³-hybridized carbons (Fsp3) is 0.182. The quantitative estimate of drug-likeness (QED) is 0.710. The van der Waals surface area contributed by atoms with Crippen LogP contribution in [0.3, 0.4) is 0 Å². The number of rotatable bonds is 5. The average Bonchev–Trinajstić information content (AvgIpc) is 3.43. The number of aromatic hydroxyl groups is 1. The highest BCUT2D eigenvalue weighted by Gasteiger charge is 2.35. The number of hydrogen-bond donors (Lipinski definition) is 1. The molecule has 0 saturated heterocycles.